The second-order valence-corrected chi connectivity index (χ2v) is 3.72. The minimum atomic E-state index is 0.283. The molecule has 0 heteroatoms. The van der Waals surface area contributed by atoms with Crippen molar-refractivity contribution in [1.82, 2.24) is 0 Å². The lowest BCUT2D eigenvalue weighted by Gasteiger charge is -2.18. The average Bonchev–Trinajstić information content (AvgIpc) is 1.86. The molecule has 0 aliphatic rings. The Hall–Kier alpha value is -0.780. The third-order valence-electron chi connectivity index (χ3n) is 1.78. The molecule has 11 heavy (non-hydrogen) atoms. The monoisotopic (exact) mass is 150 g/mol. The van der Waals surface area contributed by atoms with Crippen molar-refractivity contribution in [2.75, 3.05) is 0 Å². The Bertz CT molecular complexity index is 175. The summed E-state index contributed by atoms with van der Waals surface area (Å²) in [6.07, 6.45) is 7.87. The molecule has 0 amide bonds. The molecule has 0 aliphatic heterocycles. The molecule has 0 saturated carbocycles. The third-order valence-corrected chi connectivity index (χ3v) is 1.78. The molecule has 62 valence electrons. The van der Waals surface area contributed by atoms with E-state index in [1.54, 1.807) is 6.08 Å². The van der Waals surface area contributed by atoms with Crippen LogP contribution in [0.15, 0.2) is 36.5 Å². The van der Waals surface area contributed by atoms with Gasteiger partial charge in [-0.05, 0) is 12.3 Å². The summed E-state index contributed by atoms with van der Waals surface area (Å²) in [5.74, 6) is 0. The van der Waals surface area contributed by atoms with Gasteiger partial charge in [0.2, 0.25) is 0 Å². The summed E-state index contributed by atoms with van der Waals surface area (Å²) in [4.78, 5) is 0. The van der Waals surface area contributed by atoms with Crippen LogP contribution in [0.4, 0.5) is 0 Å². The van der Waals surface area contributed by atoms with Gasteiger partial charge in [0.05, 0.1) is 0 Å². The van der Waals surface area contributed by atoms with Gasteiger partial charge in [-0.3, -0.25) is 0 Å². The van der Waals surface area contributed by atoms with E-state index in [1.165, 1.54) is 5.57 Å². The quantitative estimate of drug-likeness (QED) is 0.526. The molecule has 0 saturated heterocycles. The predicted octanol–water partition coefficient (Wildman–Crippen LogP) is 3.72. The van der Waals surface area contributed by atoms with E-state index in [2.05, 4.69) is 40.3 Å². The fraction of sp³-hybridized carbons (Fsp3) is 0.455. The molecule has 0 N–H and O–H groups in total. The smallest absolute Gasteiger partial charge is 0.0173 e. The fourth-order valence-corrected chi connectivity index (χ4v) is 0.528. The maximum absolute atomic E-state index is 3.60. The number of hydrogen-bond acceptors (Lipinski definition) is 0. The summed E-state index contributed by atoms with van der Waals surface area (Å²) in [5.41, 5.74) is 1.67. The van der Waals surface area contributed by atoms with Gasteiger partial charge in [-0.25, -0.2) is 0 Å². The molecular formula is C11H18. The molecule has 0 fully saturated rings. The number of hydrogen-bond donors (Lipinski definition) is 0. The second-order valence-electron chi connectivity index (χ2n) is 3.72. The highest BCUT2D eigenvalue weighted by Gasteiger charge is 2.10. The molecule has 0 heterocycles. The molecule has 0 atom stereocenters. The summed E-state index contributed by atoms with van der Waals surface area (Å²) < 4.78 is 0. The van der Waals surface area contributed by atoms with Gasteiger partial charge in [0.25, 0.3) is 0 Å². The minimum absolute atomic E-state index is 0.283. The van der Waals surface area contributed by atoms with Crippen LogP contribution in [0.5, 0.6) is 0 Å². The fourth-order valence-electron chi connectivity index (χ4n) is 0.528. The van der Waals surface area contributed by atoms with Crippen molar-refractivity contribution in [2.45, 2.75) is 27.7 Å². The van der Waals surface area contributed by atoms with Crippen molar-refractivity contribution in [2.24, 2.45) is 5.41 Å². The van der Waals surface area contributed by atoms with Gasteiger partial charge in [0.1, 0.15) is 0 Å². The zero-order valence-corrected chi connectivity index (χ0v) is 8.02. The predicted molar refractivity (Wildman–Crippen MR) is 52.5 cm³/mol. The van der Waals surface area contributed by atoms with Gasteiger partial charge >= 0.3 is 0 Å². The SMILES string of the molecule is C=C/C=C\C=C(/C)C(C)(C)C. The lowest BCUT2D eigenvalue weighted by molar-refractivity contribution is 0.504. The van der Waals surface area contributed by atoms with Crippen molar-refractivity contribution >= 4 is 0 Å². The Kier molecular flexibility index (Phi) is 3.88. The van der Waals surface area contributed by atoms with Crippen molar-refractivity contribution in [3.63, 3.8) is 0 Å². The van der Waals surface area contributed by atoms with Gasteiger partial charge < -0.3 is 0 Å². The standard InChI is InChI=1S/C11H18/c1-6-7-8-9-10(2)11(3,4)5/h6-9H,1H2,2-5H3/b8-7-,10-9+. The highest BCUT2D eigenvalue weighted by atomic mass is 14.2. The molecule has 0 aliphatic carbocycles. The Morgan fingerprint density at radius 1 is 1.18 bits per heavy atom. The zero-order chi connectivity index (χ0) is 8.91. The first-order valence-electron chi connectivity index (χ1n) is 3.95. The van der Waals surface area contributed by atoms with Gasteiger partial charge in [-0.1, -0.05) is 57.2 Å². The Balaban J connectivity index is 4.23. The molecule has 0 aromatic rings. The van der Waals surface area contributed by atoms with Crippen LogP contribution < -0.4 is 0 Å². The molecule has 0 rings (SSSR count). The molecule has 0 spiro atoms. The Morgan fingerprint density at radius 3 is 2.09 bits per heavy atom. The van der Waals surface area contributed by atoms with Crippen LogP contribution in [0.1, 0.15) is 27.7 Å². The number of rotatable bonds is 2. The van der Waals surface area contributed by atoms with Crippen LogP contribution in [0.25, 0.3) is 0 Å². The van der Waals surface area contributed by atoms with E-state index in [-0.39, 0.29) is 5.41 Å². The molecule has 0 aromatic heterocycles. The normalized spacial score (nSPS) is 14.0. The summed E-state index contributed by atoms with van der Waals surface area (Å²) in [6, 6.07) is 0. The third kappa shape index (κ3) is 4.60. The van der Waals surface area contributed by atoms with Crippen molar-refractivity contribution in [3.05, 3.63) is 36.5 Å². The van der Waals surface area contributed by atoms with Gasteiger partial charge in [0, 0.05) is 0 Å². The average molecular weight is 150 g/mol. The van der Waals surface area contributed by atoms with E-state index >= 15 is 0 Å². The van der Waals surface area contributed by atoms with E-state index in [4.69, 9.17) is 0 Å². The summed E-state index contributed by atoms with van der Waals surface area (Å²) in [5, 5.41) is 0. The topological polar surface area (TPSA) is 0 Å². The lowest BCUT2D eigenvalue weighted by atomic mass is 9.87. The Morgan fingerprint density at radius 2 is 1.73 bits per heavy atom. The van der Waals surface area contributed by atoms with Gasteiger partial charge in [-0.15, -0.1) is 0 Å². The van der Waals surface area contributed by atoms with E-state index in [9.17, 15) is 0 Å². The van der Waals surface area contributed by atoms with Crippen molar-refractivity contribution in [3.8, 4) is 0 Å². The highest BCUT2D eigenvalue weighted by molar-refractivity contribution is 5.17. The molecule has 0 radical (unpaired) electrons. The van der Waals surface area contributed by atoms with Crippen LogP contribution in [-0.4, -0.2) is 0 Å². The van der Waals surface area contributed by atoms with Gasteiger partial charge in [0.15, 0.2) is 0 Å². The van der Waals surface area contributed by atoms with Gasteiger partial charge in [-0.2, -0.15) is 0 Å². The van der Waals surface area contributed by atoms with Crippen molar-refractivity contribution < 1.29 is 0 Å². The molecule has 0 nitrogen and oxygen atoms in total. The first-order chi connectivity index (χ1) is 4.98. The lowest BCUT2D eigenvalue weighted by Crippen LogP contribution is -2.05. The van der Waals surface area contributed by atoms with E-state index < -0.39 is 0 Å². The van der Waals surface area contributed by atoms with Crippen LogP contribution in [0.3, 0.4) is 0 Å². The minimum Gasteiger partial charge on any atom is -0.0991 e. The maximum Gasteiger partial charge on any atom is -0.0173 e. The molecular weight excluding hydrogens is 132 g/mol. The highest BCUT2D eigenvalue weighted by Crippen LogP contribution is 2.23. The maximum atomic E-state index is 3.60. The van der Waals surface area contributed by atoms with E-state index in [1.807, 2.05) is 12.2 Å². The second kappa shape index (κ2) is 4.17. The largest absolute Gasteiger partial charge is 0.0991 e. The molecule has 0 aromatic carbocycles. The first kappa shape index (κ1) is 10.2. The van der Waals surface area contributed by atoms with E-state index in [0.717, 1.165) is 0 Å². The zero-order valence-electron chi connectivity index (χ0n) is 8.02. The van der Waals surface area contributed by atoms with E-state index in [0.29, 0.717) is 0 Å². The van der Waals surface area contributed by atoms with Crippen LogP contribution >= 0.6 is 0 Å². The first-order valence-corrected chi connectivity index (χ1v) is 3.95. The molecule has 0 unspecified atom stereocenters. The summed E-state index contributed by atoms with van der Waals surface area (Å²) in [7, 11) is 0. The van der Waals surface area contributed by atoms with Crippen molar-refractivity contribution in [1.29, 1.82) is 0 Å². The Labute approximate surface area is 70.3 Å². The summed E-state index contributed by atoms with van der Waals surface area (Å²) >= 11 is 0. The number of allylic oxidation sites excluding steroid dienone is 5. The van der Waals surface area contributed by atoms with Crippen LogP contribution in [0, 0.1) is 5.41 Å². The molecule has 0 bridgehead atoms. The van der Waals surface area contributed by atoms with Crippen LogP contribution in [-0.2, 0) is 0 Å². The summed E-state index contributed by atoms with van der Waals surface area (Å²) in [6.45, 7) is 12.4. The van der Waals surface area contributed by atoms with Crippen LogP contribution in [0.2, 0.25) is 0 Å².